The average molecular weight is 349 g/mol. The molecule has 0 radical (unpaired) electrons. The minimum atomic E-state index is -0.156. The van der Waals surface area contributed by atoms with Crippen molar-refractivity contribution in [2.75, 3.05) is 19.9 Å². The van der Waals surface area contributed by atoms with Crippen molar-refractivity contribution in [3.8, 4) is 0 Å². The van der Waals surface area contributed by atoms with Crippen molar-refractivity contribution in [2.45, 2.75) is 30.2 Å². The third-order valence-corrected chi connectivity index (χ3v) is 4.55. The fourth-order valence-electron chi connectivity index (χ4n) is 2.27. The number of ether oxygens (including phenoxy) is 2. The van der Waals surface area contributed by atoms with Crippen LogP contribution in [-0.2, 0) is 15.2 Å². The number of aryl methyl sites for hydroxylation is 1. The summed E-state index contributed by atoms with van der Waals surface area (Å²) in [6.07, 6.45) is 2.45. The second-order valence-corrected chi connectivity index (χ2v) is 6.35. The van der Waals surface area contributed by atoms with Crippen molar-refractivity contribution >= 4 is 17.7 Å². The van der Waals surface area contributed by atoms with Crippen molar-refractivity contribution < 1.29 is 18.8 Å². The van der Waals surface area contributed by atoms with Gasteiger partial charge in [-0.15, -0.1) is 0 Å². The van der Waals surface area contributed by atoms with E-state index >= 15 is 0 Å². The Kier molecular flexibility index (Phi) is 5.84. The Balaban J connectivity index is 1.58. The summed E-state index contributed by atoms with van der Waals surface area (Å²) in [4.78, 5) is 16.7. The van der Waals surface area contributed by atoms with Gasteiger partial charge in [-0.1, -0.05) is 16.9 Å². The Morgan fingerprint density at radius 2 is 2.42 bits per heavy atom. The minimum Gasteiger partial charge on any atom is -0.361 e. The van der Waals surface area contributed by atoms with E-state index in [0.717, 1.165) is 17.9 Å². The normalized spacial score (nSPS) is 17.6. The van der Waals surface area contributed by atoms with Gasteiger partial charge >= 0.3 is 0 Å². The first-order valence-electron chi connectivity index (χ1n) is 7.70. The summed E-state index contributed by atoms with van der Waals surface area (Å²) in [7, 11) is 0. The number of carbonyl (C=O) groups excluding carboxylic acids is 1. The molecule has 2 aromatic rings. The molecule has 1 fully saturated rings. The molecule has 0 saturated carbocycles. The first-order chi connectivity index (χ1) is 11.7. The standard InChI is InChI=1S/C16H19N3O4S/c1-11-7-12(19-23-11)9-24-16-14(3-2-5-17-16)15(20)18-8-13-4-6-21-10-22-13/h2-3,5,7,13H,4,6,8-10H2,1H3,(H,18,20). The second-order valence-electron chi connectivity index (χ2n) is 5.39. The summed E-state index contributed by atoms with van der Waals surface area (Å²) in [5.41, 5.74) is 1.37. The maximum absolute atomic E-state index is 12.4. The average Bonchev–Trinajstić information content (AvgIpc) is 3.04. The molecule has 1 saturated heterocycles. The maximum Gasteiger partial charge on any atom is 0.254 e. The number of nitrogens with one attached hydrogen (secondary N) is 1. The van der Waals surface area contributed by atoms with E-state index in [9.17, 15) is 4.79 Å². The largest absolute Gasteiger partial charge is 0.361 e. The van der Waals surface area contributed by atoms with Crippen LogP contribution < -0.4 is 5.32 Å². The predicted octanol–water partition coefficient (Wildman–Crippen LogP) is 2.16. The molecule has 3 rings (SSSR count). The van der Waals surface area contributed by atoms with Crippen LogP contribution in [0.3, 0.4) is 0 Å². The summed E-state index contributed by atoms with van der Waals surface area (Å²) in [6.45, 7) is 3.25. The fraction of sp³-hybridized carbons (Fsp3) is 0.438. The van der Waals surface area contributed by atoms with Gasteiger partial charge in [0.25, 0.3) is 5.91 Å². The lowest BCUT2D eigenvalue weighted by Crippen LogP contribution is -2.37. The third-order valence-electron chi connectivity index (χ3n) is 3.51. The van der Waals surface area contributed by atoms with Gasteiger partial charge < -0.3 is 19.3 Å². The highest BCUT2D eigenvalue weighted by Gasteiger charge is 2.18. The number of aromatic nitrogens is 2. The van der Waals surface area contributed by atoms with E-state index in [-0.39, 0.29) is 18.8 Å². The molecule has 0 aromatic carbocycles. The van der Waals surface area contributed by atoms with Gasteiger partial charge in [0.1, 0.15) is 17.6 Å². The molecule has 1 amide bonds. The zero-order valence-electron chi connectivity index (χ0n) is 13.4. The van der Waals surface area contributed by atoms with Crippen molar-refractivity contribution in [3.63, 3.8) is 0 Å². The van der Waals surface area contributed by atoms with Gasteiger partial charge in [-0.2, -0.15) is 0 Å². The number of hydrogen-bond acceptors (Lipinski definition) is 7. The molecule has 1 aliphatic heterocycles. The van der Waals surface area contributed by atoms with Gasteiger partial charge in [-0.05, 0) is 25.5 Å². The van der Waals surface area contributed by atoms with Crippen LogP contribution >= 0.6 is 11.8 Å². The molecule has 0 bridgehead atoms. The predicted molar refractivity (Wildman–Crippen MR) is 87.7 cm³/mol. The van der Waals surface area contributed by atoms with Crippen molar-refractivity contribution in [2.24, 2.45) is 0 Å². The Morgan fingerprint density at radius 1 is 1.50 bits per heavy atom. The van der Waals surface area contributed by atoms with Crippen LogP contribution in [0.5, 0.6) is 0 Å². The summed E-state index contributed by atoms with van der Waals surface area (Å²) in [5, 5.41) is 7.52. The van der Waals surface area contributed by atoms with Gasteiger partial charge in [0.05, 0.1) is 24.0 Å². The topological polar surface area (TPSA) is 86.5 Å². The SMILES string of the molecule is Cc1cc(CSc2ncccc2C(=O)NCC2CCOCO2)no1. The molecular formula is C16H19N3O4S. The van der Waals surface area contributed by atoms with Crippen LogP contribution in [0.25, 0.3) is 0 Å². The van der Waals surface area contributed by atoms with Gasteiger partial charge in [-0.3, -0.25) is 4.79 Å². The van der Waals surface area contributed by atoms with E-state index in [1.165, 1.54) is 11.8 Å². The van der Waals surface area contributed by atoms with E-state index in [4.69, 9.17) is 14.0 Å². The summed E-state index contributed by atoms with van der Waals surface area (Å²) >= 11 is 1.46. The van der Waals surface area contributed by atoms with E-state index < -0.39 is 0 Å². The maximum atomic E-state index is 12.4. The molecule has 128 valence electrons. The molecular weight excluding hydrogens is 330 g/mol. The molecule has 24 heavy (non-hydrogen) atoms. The zero-order valence-corrected chi connectivity index (χ0v) is 14.2. The Morgan fingerprint density at radius 3 is 3.17 bits per heavy atom. The van der Waals surface area contributed by atoms with E-state index in [2.05, 4.69) is 15.5 Å². The number of amides is 1. The first-order valence-corrected chi connectivity index (χ1v) is 8.68. The molecule has 3 heterocycles. The highest BCUT2D eigenvalue weighted by molar-refractivity contribution is 7.98. The van der Waals surface area contributed by atoms with Crippen LogP contribution in [-0.4, -0.2) is 42.1 Å². The molecule has 1 N–H and O–H groups in total. The smallest absolute Gasteiger partial charge is 0.254 e. The molecule has 7 nitrogen and oxygen atoms in total. The van der Waals surface area contributed by atoms with Crippen molar-refractivity contribution in [1.82, 2.24) is 15.5 Å². The fourth-order valence-corrected chi connectivity index (χ4v) is 3.14. The Bertz CT molecular complexity index is 685. The number of rotatable bonds is 6. The highest BCUT2D eigenvalue weighted by Crippen LogP contribution is 2.24. The lowest BCUT2D eigenvalue weighted by atomic mass is 10.2. The number of carbonyl (C=O) groups is 1. The molecule has 1 aliphatic rings. The molecule has 0 spiro atoms. The zero-order chi connectivity index (χ0) is 16.8. The molecule has 0 aliphatic carbocycles. The van der Waals surface area contributed by atoms with Gasteiger partial charge in [-0.25, -0.2) is 4.98 Å². The number of thioether (sulfide) groups is 1. The van der Waals surface area contributed by atoms with E-state index in [1.54, 1.807) is 18.3 Å². The molecule has 8 heteroatoms. The van der Waals surface area contributed by atoms with E-state index in [1.807, 2.05) is 13.0 Å². The summed E-state index contributed by atoms with van der Waals surface area (Å²) in [5.74, 6) is 1.20. The number of pyridine rings is 1. The summed E-state index contributed by atoms with van der Waals surface area (Å²) in [6, 6.07) is 5.39. The lowest BCUT2D eigenvalue weighted by Gasteiger charge is -2.23. The number of nitrogens with zero attached hydrogens (tertiary/aromatic N) is 2. The van der Waals surface area contributed by atoms with Crippen molar-refractivity contribution in [1.29, 1.82) is 0 Å². The monoisotopic (exact) mass is 349 g/mol. The molecule has 1 unspecified atom stereocenters. The first kappa shape index (κ1) is 16.9. The van der Waals surface area contributed by atoms with Crippen LogP contribution in [0.15, 0.2) is 33.9 Å². The van der Waals surface area contributed by atoms with Gasteiger partial charge in [0, 0.05) is 24.6 Å². The lowest BCUT2D eigenvalue weighted by molar-refractivity contribution is -0.136. The van der Waals surface area contributed by atoms with Crippen molar-refractivity contribution in [3.05, 3.63) is 41.4 Å². The summed E-state index contributed by atoms with van der Waals surface area (Å²) < 4.78 is 15.6. The van der Waals surface area contributed by atoms with E-state index in [0.29, 0.717) is 29.5 Å². The van der Waals surface area contributed by atoms with Crippen LogP contribution in [0, 0.1) is 6.92 Å². The minimum absolute atomic E-state index is 0.00594. The quantitative estimate of drug-likeness (QED) is 0.800. The van der Waals surface area contributed by atoms with Crippen LogP contribution in [0.1, 0.15) is 28.2 Å². The van der Waals surface area contributed by atoms with Crippen LogP contribution in [0.4, 0.5) is 0 Å². The second kappa shape index (κ2) is 8.27. The molecule has 1 atom stereocenters. The van der Waals surface area contributed by atoms with Gasteiger partial charge in [0.2, 0.25) is 0 Å². The van der Waals surface area contributed by atoms with Gasteiger partial charge in [0.15, 0.2) is 0 Å². The molecule has 2 aromatic heterocycles. The highest BCUT2D eigenvalue weighted by atomic mass is 32.2. The third kappa shape index (κ3) is 4.56. The Labute approximate surface area is 144 Å². The Hall–Kier alpha value is -1.90. The number of hydrogen-bond donors (Lipinski definition) is 1. The van der Waals surface area contributed by atoms with Crippen LogP contribution in [0.2, 0.25) is 0 Å².